The molecule has 2 N–H and O–H groups in total. The number of likely N-dealkylation sites (N-methyl/N-ethyl adjacent to an activating group) is 1. The van der Waals surface area contributed by atoms with Crippen molar-refractivity contribution in [3.05, 3.63) is 46.9 Å². The number of para-hydroxylation sites is 1. The number of methoxy groups -OCH3 is 1. The Morgan fingerprint density at radius 1 is 1.32 bits per heavy atom. The molecule has 0 saturated carbocycles. The van der Waals surface area contributed by atoms with E-state index in [1.165, 1.54) is 0 Å². The summed E-state index contributed by atoms with van der Waals surface area (Å²) in [4.78, 5) is 25.8. The molecule has 0 aliphatic carbocycles. The van der Waals surface area contributed by atoms with Gasteiger partial charge in [0.15, 0.2) is 0 Å². The number of hydrogen-bond donors (Lipinski definition) is 1. The Bertz CT molecular complexity index is 855. The van der Waals surface area contributed by atoms with E-state index in [1.807, 2.05) is 38.1 Å². The van der Waals surface area contributed by atoms with Crippen LogP contribution in [0.15, 0.2) is 24.3 Å². The van der Waals surface area contributed by atoms with Crippen molar-refractivity contribution in [2.75, 3.05) is 38.7 Å². The number of amides is 1. The lowest BCUT2D eigenvalue weighted by Crippen LogP contribution is -2.32. The second-order valence-corrected chi connectivity index (χ2v) is 7.36. The molecule has 1 saturated heterocycles. The van der Waals surface area contributed by atoms with Crippen molar-refractivity contribution in [3.8, 4) is 5.75 Å². The van der Waals surface area contributed by atoms with Gasteiger partial charge >= 0.3 is 0 Å². The summed E-state index contributed by atoms with van der Waals surface area (Å²) in [5, 5.41) is 0. The van der Waals surface area contributed by atoms with Gasteiger partial charge in [0.05, 0.1) is 7.11 Å². The zero-order valence-corrected chi connectivity index (χ0v) is 17.1. The van der Waals surface area contributed by atoms with Gasteiger partial charge in [-0.2, -0.15) is 0 Å². The van der Waals surface area contributed by atoms with Crippen LogP contribution in [-0.4, -0.2) is 60.6 Å². The van der Waals surface area contributed by atoms with E-state index in [0.29, 0.717) is 13.0 Å². The fourth-order valence-corrected chi connectivity index (χ4v) is 3.47. The van der Waals surface area contributed by atoms with E-state index in [0.717, 1.165) is 47.9 Å². The number of rotatable bonds is 6. The van der Waals surface area contributed by atoms with Gasteiger partial charge in [-0.05, 0) is 38.3 Å². The molecule has 2 aromatic rings. The summed E-state index contributed by atoms with van der Waals surface area (Å²) in [5.74, 6) is 1.71. The summed E-state index contributed by atoms with van der Waals surface area (Å²) >= 11 is 0. The topological polar surface area (TPSA) is 84.6 Å². The van der Waals surface area contributed by atoms with E-state index in [2.05, 4.69) is 14.9 Å². The highest BCUT2D eigenvalue weighted by Gasteiger charge is 2.25. The second-order valence-electron chi connectivity index (χ2n) is 7.36. The predicted molar refractivity (Wildman–Crippen MR) is 110 cm³/mol. The molecule has 150 valence electrons. The number of nitrogens with two attached hydrogens (primary N) is 1. The molecule has 3 rings (SSSR count). The Morgan fingerprint density at radius 2 is 2.07 bits per heavy atom. The molecule has 1 atom stereocenters. The number of carbonyl (C=O) groups is 1. The molecule has 1 amide bonds. The number of aromatic nitrogens is 2. The summed E-state index contributed by atoms with van der Waals surface area (Å²) in [7, 11) is 3.43. The van der Waals surface area contributed by atoms with Gasteiger partial charge in [0.2, 0.25) is 5.82 Å². The fraction of sp³-hybridized carbons (Fsp3) is 0.476. The van der Waals surface area contributed by atoms with Gasteiger partial charge < -0.3 is 20.3 Å². The number of anilines is 1. The SMILES string of the molecule is COc1ccccc1CCN(C)C(=O)c1nc(C)c(C)c(N2CC[C@@H](N)C2)n1. The van der Waals surface area contributed by atoms with Gasteiger partial charge in [-0.3, -0.25) is 4.79 Å². The largest absolute Gasteiger partial charge is 0.496 e. The summed E-state index contributed by atoms with van der Waals surface area (Å²) < 4.78 is 5.39. The molecule has 0 spiro atoms. The van der Waals surface area contributed by atoms with Crippen molar-refractivity contribution in [2.45, 2.75) is 32.7 Å². The number of hydrogen-bond acceptors (Lipinski definition) is 6. The highest BCUT2D eigenvalue weighted by Crippen LogP contribution is 2.24. The monoisotopic (exact) mass is 383 g/mol. The number of benzene rings is 1. The molecule has 1 aromatic heterocycles. The zero-order chi connectivity index (χ0) is 20.3. The number of carbonyl (C=O) groups excluding carboxylic acids is 1. The smallest absolute Gasteiger partial charge is 0.291 e. The first-order valence-electron chi connectivity index (χ1n) is 9.63. The summed E-state index contributed by atoms with van der Waals surface area (Å²) in [6.45, 7) is 6.08. The third kappa shape index (κ3) is 4.25. The summed E-state index contributed by atoms with van der Waals surface area (Å²) in [6.07, 6.45) is 1.63. The van der Waals surface area contributed by atoms with Crippen molar-refractivity contribution >= 4 is 11.7 Å². The van der Waals surface area contributed by atoms with Crippen molar-refractivity contribution in [3.63, 3.8) is 0 Å². The van der Waals surface area contributed by atoms with Crippen molar-refractivity contribution in [1.29, 1.82) is 0 Å². The summed E-state index contributed by atoms with van der Waals surface area (Å²) in [5.41, 5.74) is 8.94. The molecule has 1 aliphatic rings. The predicted octanol–water partition coefficient (Wildman–Crippen LogP) is 1.95. The Kier molecular flexibility index (Phi) is 6.14. The van der Waals surface area contributed by atoms with Crippen LogP contribution in [0.25, 0.3) is 0 Å². The van der Waals surface area contributed by atoms with Crippen LogP contribution >= 0.6 is 0 Å². The average Bonchev–Trinajstić information content (AvgIpc) is 3.13. The minimum atomic E-state index is -0.178. The maximum absolute atomic E-state index is 12.9. The highest BCUT2D eigenvalue weighted by molar-refractivity contribution is 5.90. The molecule has 28 heavy (non-hydrogen) atoms. The van der Waals surface area contributed by atoms with Crippen LogP contribution in [0.3, 0.4) is 0 Å². The second kappa shape index (κ2) is 8.56. The molecule has 2 heterocycles. The lowest BCUT2D eigenvalue weighted by molar-refractivity contribution is 0.0784. The van der Waals surface area contributed by atoms with E-state index >= 15 is 0 Å². The van der Waals surface area contributed by atoms with Gasteiger partial charge in [0, 0.05) is 44.0 Å². The van der Waals surface area contributed by atoms with E-state index in [1.54, 1.807) is 19.1 Å². The van der Waals surface area contributed by atoms with Crippen molar-refractivity contribution in [1.82, 2.24) is 14.9 Å². The lowest BCUT2D eigenvalue weighted by atomic mass is 10.1. The van der Waals surface area contributed by atoms with E-state index < -0.39 is 0 Å². The van der Waals surface area contributed by atoms with Crippen LogP contribution in [0.4, 0.5) is 5.82 Å². The molecular formula is C21H29N5O2. The maximum atomic E-state index is 12.9. The van der Waals surface area contributed by atoms with Gasteiger partial charge in [-0.25, -0.2) is 9.97 Å². The van der Waals surface area contributed by atoms with Gasteiger partial charge in [-0.1, -0.05) is 18.2 Å². The highest BCUT2D eigenvalue weighted by atomic mass is 16.5. The van der Waals surface area contributed by atoms with Crippen LogP contribution in [0, 0.1) is 13.8 Å². The van der Waals surface area contributed by atoms with Gasteiger partial charge in [0.25, 0.3) is 5.91 Å². The van der Waals surface area contributed by atoms with Crippen LogP contribution in [-0.2, 0) is 6.42 Å². The fourth-order valence-electron chi connectivity index (χ4n) is 3.47. The number of aryl methyl sites for hydroxylation is 1. The number of ether oxygens (including phenoxy) is 1. The molecule has 7 heteroatoms. The Balaban J connectivity index is 1.75. The third-order valence-corrected chi connectivity index (χ3v) is 5.33. The molecule has 1 aliphatic heterocycles. The standard InChI is InChI=1S/C21H29N5O2/c1-14-15(2)23-19(24-20(14)26-12-10-17(22)13-26)21(27)25(3)11-9-16-7-5-6-8-18(16)28-4/h5-8,17H,9-13,22H2,1-4H3/t17-/m1/s1. The van der Waals surface area contributed by atoms with Gasteiger partial charge in [-0.15, -0.1) is 0 Å². The van der Waals surface area contributed by atoms with Crippen molar-refractivity contribution < 1.29 is 9.53 Å². The maximum Gasteiger partial charge on any atom is 0.291 e. The van der Waals surface area contributed by atoms with Gasteiger partial charge in [0.1, 0.15) is 11.6 Å². The normalized spacial score (nSPS) is 16.3. The minimum Gasteiger partial charge on any atom is -0.496 e. The average molecular weight is 383 g/mol. The molecule has 0 radical (unpaired) electrons. The summed E-state index contributed by atoms with van der Waals surface area (Å²) in [6, 6.07) is 8.00. The Morgan fingerprint density at radius 3 is 2.75 bits per heavy atom. The first kappa shape index (κ1) is 20.1. The molecular weight excluding hydrogens is 354 g/mol. The van der Waals surface area contributed by atoms with E-state index in [9.17, 15) is 4.79 Å². The first-order valence-corrected chi connectivity index (χ1v) is 9.63. The quantitative estimate of drug-likeness (QED) is 0.821. The molecule has 0 bridgehead atoms. The molecule has 1 aromatic carbocycles. The number of nitrogens with zero attached hydrogens (tertiary/aromatic N) is 4. The van der Waals surface area contributed by atoms with Crippen LogP contribution in [0.2, 0.25) is 0 Å². The van der Waals surface area contributed by atoms with Crippen LogP contribution in [0.5, 0.6) is 5.75 Å². The zero-order valence-electron chi connectivity index (χ0n) is 17.1. The lowest BCUT2D eigenvalue weighted by Gasteiger charge is -2.22. The van der Waals surface area contributed by atoms with E-state index in [-0.39, 0.29) is 17.8 Å². The van der Waals surface area contributed by atoms with Crippen LogP contribution in [0.1, 0.15) is 33.9 Å². The molecule has 7 nitrogen and oxygen atoms in total. The molecule has 1 fully saturated rings. The Hall–Kier alpha value is -2.67. The minimum absolute atomic E-state index is 0.150. The first-order chi connectivity index (χ1) is 13.4. The third-order valence-electron chi connectivity index (χ3n) is 5.33. The van der Waals surface area contributed by atoms with Crippen molar-refractivity contribution in [2.24, 2.45) is 5.73 Å². The van der Waals surface area contributed by atoms with Crippen LogP contribution < -0.4 is 15.4 Å². The molecule has 0 unspecified atom stereocenters. The Labute approximate surface area is 166 Å². The van der Waals surface area contributed by atoms with E-state index in [4.69, 9.17) is 10.5 Å².